The summed E-state index contributed by atoms with van der Waals surface area (Å²) in [6, 6.07) is 8.43. The third kappa shape index (κ3) is 2.48. The van der Waals surface area contributed by atoms with Crippen molar-refractivity contribution in [2.45, 2.75) is 13.8 Å². The van der Waals surface area contributed by atoms with Gasteiger partial charge in [-0.15, -0.1) is 0 Å². The molecule has 2 rings (SSSR count). The molecule has 0 saturated carbocycles. The van der Waals surface area contributed by atoms with Crippen LogP contribution in [0.5, 0.6) is 5.75 Å². The quantitative estimate of drug-likeness (QED) is 0.851. The summed E-state index contributed by atoms with van der Waals surface area (Å²) < 4.78 is 0. The smallest absolute Gasteiger partial charge is 0.259 e. The van der Waals surface area contributed by atoms with Crippen molar-refractivity contribution in [3.8, 4) is 5.75 Å². The molecule has 1 amide bonds. The lowest BCUT2D eigenvalue weighted by atomic mass is 10.1. The van der Waals surface area contributed by atoms with Gasteiger partial charge in [-0.25, -0.2) is 0 Å². The van der Waals surface area contributed by atoms with Gasteiger partial charge in [-0.1, -0.05) is 11.6 Å². The Kier molecular flexibility index (Phi) is 3.28. The van der Waals surface area contributed by atoms with Crippen LogP contribution in [0.1, 0.15) is 21.6 Å². The van der Waals surface area contributed by atoms with Crippen LogP contribution in [0.25, 0.3) is 0 Å². The molecule has 0 aliphatic rings. The maximum Gasteiger partial charge on any atom is 0.259 e. The summed E-state index contributed by atoms with van der Waals surface area (Å²) in [4.78, 5) is 16.1. The molecule has 1 aromatic carbocycles. The lowest BCUT2D eigenvalue weighted by molar-refractivity contribution is 0.102. The highest BCUT2D eigenvalue weighted by Crippen LogP contribution is 2.20. The Bertz CT molecular complexity index is 594. The number of carbonyl (C=O) groups excluding carboxylic acids is 1. The molecule has 0 unspecified atom stereocenters. The molecule has 0 radical (unpaired) electrons. The number of amides is 1. The van der Waals surface area contributed by atoms with Crippen molar-refractivity contribution >= 4 is 11.6 Å². The minimum Gasteiger partial charge on any atom is -0.507 e. The predicted octanol–water partition coefficient (Wildman–Crippen LogP) is 2.66. The van der Waals surface area contributed by atoms with E-state index in [-0.39, 0.29) is 17.2 Å². The highest BCUT2D eigenvalue weighted by molar-refractivity contribution is 6.06. The van der Waals surface area contributed by atoms with E-state index in [4.69, 9.17) is 0 Å². The van der Waals surface area contributed by atoms with Gasteiger partial charge >= 0.3 is 0 Å². The first kappa shape index (κ1) is 12.1. The van der Waals surface area contributed by atoms with Crippen molar-refractivity contribution in [2.75, 3.05) is 5.32 Å². The van der Waals surface area contributed by atoms with E-state index in [0.717, 1.165) is 11.3 Å². The van der Waals surface area contributed by atoms with E-state index in [0.29, 0.717) is 5.69 Å². The van der Waals surface area contributed by atoms with Gasteiger partial charge in [0.05, 0.1) is 16.9 Å². The topological polar surface area (TPSA) is 62.2 Å². The Morgan fingerprint density at radius 2 is 2.06 bits per heavy atom. The molecule has 0 aliphatic heterocycles. The second-order valence-corrected chi connectivity index (χ2v) is 4.11. The summed E-state index contributed by atoms with van der Waals surface area (Å²) in [6.45, 7) is 3.68. The van der Waals surface area contributed by atoms with Gasteiger partial charge < -0.3 is 10.4 Å². The number of aromatic nitrogens is 1. The second-order valence-electron chi connectivity index (χ2n) is 4.11. The summed E-state index contributed by atoms with van der Waals surface area (Å²) in [7, 11) is 0. The van der Waals surface area contributed by atoms with Gasteiger partial charge in [0, 0.05) is 6.20 Å². The molecule has 1 aromatic heterocycles. The van der Waals surface area contributed by atoms with Crippen LogP contribution < -0.4 is 5.32 Å². The van der Waals surface area contributed by atoms with Crippen LogP contribution in [-0.4, -0.2) is 16.0 Å². The number of hydrogen-bond donors (Lipinski definition) is 2. The number of anilines is 1. The van der Waals surface area contributed by atoms with E-state index in [1.165, 1.54) is 6.07 Å². The molecule has 0 aliphatic carbocycles. The van der Waals surface area contributed by atoms with Crippen LogP contribution >= 0.6 is 0 Å². The molecular formula is C14H14N2O2. The minimum absolute atomic E-state index is 0.0281. The average Bonchev–Trinajstić information content (AvgIpc) is 2.35. The maximum absolute atomic E-state index is 12.0. The highest BCUT2D eigenvalue weighted by Gasteiger charge is 2.12. The van der Waals surface area contributed by atoms with Gasteiger partial charge in [0.2, 0.25) is 0 Å². The Hall–Kier alpha value is -2.36. The molecule has 4 heteroatoms. The van der Waals surface area contributed by atoms with E-state index in [2.05, 4.69) is 10.3 Å². The number of phenolic OH excluding ortho intramolecular Hbond substituents is 1. The molecule has 0 spiro atoms. The summed E-state index contributed by atoms with van der Waals surface area (Å²) >= 11 is 0. The third-order valence-corrected chi connectivity index (χ3v) is 2.65. The summed E-state index contributed by atoms with van der Waals surface area (Å²) in [6.07, 6.45) is 1.66. The highest BCUT2D eigenvalue weighted by atomic mass is 16.3. The molecule has 0 saturated heterocycles. The number of pyridine rings is 1. The number of aryl methyl sites for hydroxylation is 2. The molecule has 4 nitrogen and oxygen atoms in total. The molecule has 0 atom stereocenters. The Balaban J connectivity index is 2.28. The number of hydrogen-bond acceptors (Lipinski definition) is 3. The van der Waals surface area contributed by atoms with Gasteiger partial charge in [-0.05, 0) is 38.1 Å². The van der Waals surface area contributed by atoms with Gasteiger partial charge in [-0.2, -0.15) is 0 Å². The van der Waals surface area contributed by atoms with Crippen molar-refractivity contribution in [3.63, 3.8) is 0 Å². The number of nitrogens with one attached hydrogen (secondary N) is 1. The van der Waals surface area contributed by atoms with E-state index in [1.54, 1.807) is 30.5 Å². The van der Waals surface area contributed by atoms with E-state index >= 15 is 0 Å². The molecule has 0 fully saturated rings. The van der Waals surface area contributed by atoms with E-state index < -0.39 is 0 Å². The fraction of sp³-hybridized carbons (Fsp3) is 0.143. The zero-order valence-corrected chi connectivity index (χ0v) is 10.3. The summed E-state index contributed by atoms with van der Waals surface area (Å²) in [5.74, 6) is -0.369. The lowest BCUT2D eigenvalue weighted by Gasteiger charge is -2.09. The van der Waals surface area contributed by atoms with Gasteiger partial charge in [0.25, 0.3) is 5.91 Å². The number of nitrogens with zero attached hydrogens (tertiary/aromatic N) is 1. The molecule has 0 bridgehead atoms. The molecule has 92 valence electrons. The normalized spacial score (nSPS) is 10.1. The van der Waals surface area contributed by atoms with Crippen LogP contribution in [0.3, 0.4) is 0 Å². The fourth-order valence-electron chi connectivity index (χ4n) is 1.64. The summed E-state index contributed by atoms with van der Waals surface area (Å²) in [5, 5.41) is 12.4. The third-order valence-electron chi connectivity index (χ3n) is 2.65. The molecule has 2 N–H and O–H groups in total. The molecule has 1 heterocycles. The van der Waals surface area contributed by atoms with Crippen molar-refractivity contribution < 1.29 is 9.90 Å². The minimum atomic E-state index is -0.340. The zero-order chi connectivity index (χ0) is 13.1. The zero-order valence-electron chi connectivity index (χ0n) is 10.3. The number of phenols is 1. The first-order valence-corrected chi connectivity index (χ1v) is 5.60. The van der Waals surface area contributed by atoms with Crippen molar-refractivity contribution in [1.29, 1.82) is 0 Å². The second kappa shape index (κ2) is 4.87. The van der Waals surface area contributed by atoms with Crippen LogP contribution in [0, 0.1) is 13.8 Å². The molecular weight excluding hydrogens is 228 g/mol. The monoisotopic (exact) mass is 242 g/mol. The van der Waals surface area contributed by atoms with Crippen LogP contribution in [-0.2, 0) is 0 Å². The van der Waals surface area contributed by atoms with Gasteiger partial charge in [0.15, 0.2) is 0 Å². The van der Waals surface area contributed by atoms with Crippen molar-refractivity contribution in [2.24, 2.45) is 0 Å². The number of carbonyl (C=O) groups is 1. The van der Waals surface area contributed by atoms with Crippen molar-refractivity contribution in [3.05, 3.63) is 53.3 Å². The van der Waals surface area contributed by atoms with Crippen LogP contribution in [0.4, 0.5) is 5.69 Å². The van der Waals surface area contributed by atoms with Crippen molar-refractivity contribution in [1.82, 2.24) is 4.98 Å². The molecule has 18 heavy (non-hydrogen) atoms. The van der Waals surface area contributed by atoms with Gasteiger partial charge in [0.1, 0.15) is 5.75 Å². The average molecular weight is 242 g/mol. The van der Waals surface area contributed by atoms with Gasteiger partial charge in [-0.3, -0.25) is 9.78 Å². The van der Waals surface area contributed by atoms with Crippen LogP contribution in [0.2, 0.25) is 0 Å². The Morgan fingerprint density at radius 3 is 2.78 bits per heavy atom. The predicted molar refractivity (Wildman–Crippen MR) is 69.8 cm³/mol. The standard InChI is InChI=1S/C14H14N2O2/c1-9-5-6-13(17)11(8-9)14(18)16-12-4-3-7-15-10(12)2/h3-8,17H,1-2H3,(H,16,18). The number of rotatable bonds is 2. The fourth-order valence-corrected chi connectivity index (χ4v) is 1.64. The first-order valence-electron chi connectivity index (χ1n) is 5.60. The SMILES string of the molecule is Cc1ccc(O)c(C(=O)Nc2cccnc2C)c1. The van der Waals surface area contributed by atoms with E-state index in [9.17, 15) is 9.90 Å². The first-order chi connectivity index (χ1) is 8.58. The molecule has 2 aromatic rings. The number of aromatic hydroxyl groups is 1. The lowest BCUT2D eigenvalue weighted by Crippen LogP contribution is -2.13. The number of benzene rings is 1. The Labute approximate surface area is 105 Å². The largest absolute Gasteiger partial charge is 0.507 e. The summed E-state index contributed by atoms with van der Waals surface area (Å²) in [5.41, 5.74) is 2.56. The van der Waals surface area contributed by atoms with E-state index in [1.807, 2.05) is 13.8 Å². The van der Waals surface area contributed by atoms with Crippen LogP contribution in [0.15, 0.2) is 36.5 Å². The Morgan fingerprint density at radius 1 is 1.28 bits per heavy atom. The maximum atomic E-state index is 12.0.